The minimum atomic E-state index is -0.256. The Morgan fingerprint density at radius 2 is 2.06 bits per heavy atom. The van der Waals surface area contributed by atoms with Gasteiger partial charge in [0.25, 0.3) is 0 Å². The molecule has 100 valence electrons. The van der Waals surface area contributed by atoms with Crippen molar-refractivity contribution in [1.82, 2.24) is 10.2 Å². The lowest BCUT2D eigenvalue weighted by molar-refractivity contribution is -0.140. The summed E-state index contributed by atoms with van der Waals surface area (Å²) in [6, 6.07) is 0.304. The molecule has 3 heteroatoms. The summed E-state index contributed by atoms with van der Waals surface area (Å²) in [7, 11) is 0. The molecule has 0 aromatic rings. The second kappa shape index (κ2) is 6.39. The Morgan fingerprint density at radius 1 is 1.35 bits per heavy atom. The van der Waals surface area contributed by atoms with E-state index in [2.05, 4.69) is 33.0 Å². The standard InChI is InChI=1S/C14H28N2O/c1-5-8-14(9-7-10-15-14)13(17)16(11-6-2)12(3)4/h12,15H,5-11H2,1-4H3. The minimum Gasteiger partial charge on any atom is -0.339 e. The third-order valence-electron chi connectivity index (χ3n) is 3.68. The van der Waals surface area contributed by atoms with E-state index in [0.717, 1.165) is 45.2 Å². The van der Waals surface area contributed by atoms with Gasteiger partial charge < -0.3 is 10.2 Å². The van der Waals surface area contributed by atoms with Gasteiger partial charge in [-0.1, -0.05) is 20.3 Å². The number of nitrogens with zero attached hydrogens (tertiary/aromatic N) is 1. The first-order chi connectivity index (χ1) is 8.07. The van der Waals surface area contributed by atoms with Crippen molar-refractivity contribution in [2.45, 2.75) is 71.4 Å². The summed E-state index contributed by atoms with van der Waals surface area (Å²) in [5.74, 6) is 0.328. The number of carbonyl (C=O) groups excluding carboxylic acids is 1. The molecule has 3 nitrogen and oxygen atoms in total. The smallest absolute Gasteiger partial charge is 0.243 e. The second-order valence-corrected chi connectivity index (χ2v) is 5.45. The van der Waals surface area contributed by atoms with Crippen LogP contribution in [-0.4, -0.2) is 35.5 Å². The summed E-state index contributed by atoms with van der Waals surface area (Å²) in [5, 5.41) is 3.47. The van der Waals surface area contributed by atoms with Gasteiger partial charge in [-0.05, 0) is 46.1 Å². The van der Waals surface area contributed by atoms with Gasteiger partial charge in [0.05, 0.1) is 5.54 Å². The molecule has 1 aliphatic rings. The number of hydrogen-bond acceptors (Lipinski definition) is 2. The summed E-state index contributed by atoms with van der Waals surface area (Å²) in [6.07, 6.45) is 5.21. The van der Waals surface area contributed by atoms with Gasteiger partial charge in [0, 0.05) is 12.6 Å². The van der Waals surface area contributed by atoms with Gasteiger partial charge in [-0.15, -0.1) is 0 Å². The topological polar surface area (TPSA) is 32.3 Å². The largest absolute Gasteiger partial charge is 0.339 e. The monoisotopic (exact) mass is 240 g/mol. The van der Waals surface area contributed by atoms with E-state index in [9.17, 15) is 4.79 Å². The number of amides is 1. The molecule has 0 saturated carbocycles. The van der Waals surface area contributed by atoms with Gasteiger partial charge in [-0.25, -0.2) is 0 Å². The van der Waals surface area contributed by atoms with Gasteiger partial charge >= 0.3 is 0 Å². The minimum absolute atomic E-state index is 0.256. The molecule has 1 atom stereocenters. The number of nitrogens with one attached hydrogen (secondary N) is 1. The molecule has 1 rings (SSSR count). The van der Waals surface area contributed by atoms with E-state index in [0.29, 0.717) is 11.9 Å². The van der Waals surface area contributed by atoms with Crippen LogP contribution in [0.1, 0.15) is 59.8 Å². The predicted octanol–water partition coefficient (Wildman–Crippen LogP) is 2.56. The molecule has 1 amide bonds. The lowest BCUT2D eigenvalue weighted by Gasteiger charge is -2.36. The van der Waals surface area contributed by atoms with Gasteiger partial charge in [0.15, 0.2) is 0 Å². The Labute approximate surface area is 106 Å². The zero-order chi connectivity index (χ0) is 12.9. The summed E-state index contributed by atoms with van der Waals surface area (Å²) in [6.45, 7) is 10.4. The Hall–Kier alpha value is -0.570. The summed E-state index contributed by atoms with van der Waals surface area (Å²) in [5.41, 5.74) is -0.256. The van der Waals surface area contributed by atoms with Crippen molar-refractivity contribution in [1.29, 1.82) is 0 Å². The molecule has 0 bridgehead atoms. The second-order valence-electron chi connectivity index (χ2n) is 5.45. The van der Waals surface area contributed by atoms with Crippen LogP contribution in [0.4, 0.5) is 0 Å². The van der Waals surface area contributed by atoms with Crippen LogP contribution in [0, 0.1) is 0 Å². The molecule has 1 fully saturated rings. The van der Waals surface area contributed by atoms with Crippen LogP contribution in [-0.2, 0) is 4.79 Å². The quantitative estimate of drug-likeness (QED) is 0.774. The molecule has 1 unspecified atom stereocenters. The zero-order valence-corrected chi connectivity index (χ0v) is 11.9. The van der Waals surface area contributed by atoms with Crippen LogP contribution in [0.3, 0.4) is 0 Å². The molecule has 0 aliphatic carbocycles. The fourth-order valence-corrected chi connectivity index (χ4v) is 2.85. The van der Waals surface area contributed by atoms with E-state index in [1.807, 2.05) is 4.90 Å². The average molecular weight is 240 g/mol. The molecule has 0 aromatic heterocycles. The molecule has 1 aliphatic heterocycles. The van der Waals surface area contributed by atoms with Crippen LogP contribution in [0.15, 0.2) is 0 Å². The SMILES string of the molecule is CCCN(C(=O)C1(CCC)CCCN1)C(C)C. The molecule has 0 aromatic carbocycles. The Balaban J connectivity index is 2.81. The normalized spacial score (nSPS) is 24.3. The van der Waals surface area contributed by atoms with Crippen molar-refractivity contribution < 1.29 is 4.79 Å². The molecule has 1 N–H and O–H groups in total. The van der Waals surface area contributed by atoms with E-state index >= 15 is 0 Å². The maximum atomic E-state index is 12.8. The number of rotatable bonds is 6. The lowest BCUT2D eigenvalue weighted by Crippen LogP contribution is -2.56. The zero-order valence-electron chi connectivity index (χ0n) is 11.9. The molecule has 17 heavy (non-hydrogen) atoms. The highest BCUT2D eigenvalue weighted by Crippen LogP contribution is 2.27. The maximum absolute atomic E-state index is 12.8. The predicted molar refractivity (Wildman–Crippen MR) is 72.0 cm³/mol. The molecule has 0 radical (unpaired) electrons. The van der Waals surface area contributed by atoms with E-state index in [4.69, 9.17) is 0 Å². The highest BCUT2D eigenvalue weighted by Gasteiger charge is 2.42. The van der Waals surface area contributed by atoms with Crippen LogP contribution >= 0.6 is 0 Å². The Kier molecular flexibility index (Phi) is 5.44. The highest BCUT2D eigenvalue weighted by molar-refractivity contribution is 5.87. The summed E-state index contributed by atoms with van der Waals surface area (Å²) in [4.78, 5) is 14.8. The van der Waals surface area contributed by atoms with E-state index in [1.165, 1.54) is 0 Å². The van der Waals surface area contributed by atoms with E-state index in [-0.39, 0.29) is 5.54 Å². The van der Waals surface area contributed by atoms with Crippen molar-refractivity contribution in [3.8, 4) is 0 Å². The van der Waals surface area contributed by atoms with Crippen molar-refractivity contribution in [3.05, 3.63) is 0 Å². The van der Waals surface area contributed by atoms with E-state index in [1.54, 1.807) is 0 Å². The molecular formula is C14H28N2O. The Bertz CT molecular complexity index is 245. The first kappa shape index (κ1) is 14.5. The molecule has 1 saturated heterocycles. The first-order valence-electron chi connectivity index (χ1n) is 7.13. The Morgan fingerprint density at radius 3 is 2.47 bits per heavy atom. The number of carbonyl (C=O) groups is 1. The van der Waals surface area contributed by atoms with Crippen molar-refractivity contribution in [2.75, 3.05) is 13.1 Å². The van der Waals surface area contributed by atoms with Gasteiger partial charge in [-0.2, -0.15) is 0 Å². The summed E-state index contributed by atoms with van der Waals surface area (Å²) >= 11 is 0. The fourth-order valence-electron chi connectivity index (χ4n) is 2.85. The molecule has 0 spiro atoms. The van der Waals surface area contributed by atoms with Gasteiger partial charge in [0.1, 0.15) is 0 Å². The number of hydrogen-bond donors (Lipinski definition) is 1. The first-order valence-corrected chi connectivity index (χ1v) is 7.13. The average Bonchev–Trinajstić information content (AvgIpc) is 2.75. The lowest BCUT2D eigenvalue weighted by atomic mass is 9.89. The van der Waals surface area contributed by atoms with Gasteiger partial charge in [-0.3, -0.25) is 4.79 Å². The molecular weight excluding hydrogens is 212 g/mol. The van der Waals surface area contributed by atoms with Crippen LogP contribution in [0.25, 0.3) is 0 Å². The highest BCUT2D eigenvalue weighted by atomic mass is 16.2. The third-order valence-corrected chi connectivity index (χ3v) is 3.68. The third kappa shape index (κ3) is 3.21. The van der Waals surface area contributed by atoms with Gasteiger partial charge in [0.2, 0.25) is 5.91 Å². The molecule has 1 heterocycles. The van der Waals surface area contributed by atoms with Crippen molar-refractivity contribution in [2.24, 2.45) is 0 Å². The fraction of sp³-hybridized carbons (Fsp3) is 0.929. The van der Waals surface area contributed by atoms with Crippen molar-refractivity contribution in [3.63, 3.8) is 0 Å². The van der Waals surface area contributed by atoms with Crippen LogP contribution < -0.4 is 5.32 Å². The van der Waals surface area contributed by atoms with Crippen LogP contribution in [0.2, 0.25) is 0 Å². The van der Waals surface area contributed by atoms with Crippen molar-refractivity contribution >= 4 is 5.91 Å². The van der Waals surface area contributed by atoms with E-state index < -0.39 is 0 Å². The maximum Gasteiger partial charge on any atom is 0.243 e. The summed E-state index contributed by atoms with van der Waals surface area (Å²) < 4.78 is 0. The van der Waals surface area contributed by atoms with Crippen LogP contribution in [0.5, 0.6) is 0 Å².